The summed E-state index contributed by atoms with van der Waals surface area (Å²) in [6, 6.07) is 5.61. The van der Waals surface area contributed by atoms with Crippen molar-refractivity contribution >= 4 is 33.2 Å². The predicted molar refractivity (Wildman–Crippen MR) is 75.4 cm³/mol. The molecule has 2 aromatic rings. The molecule has 1 amide bonds. The molecular formula is C13H11BrFN3O. The van der Waals surface area contributed by atoms with Gasteiger partial charge in [0.05, 0.1) is 17.6 Å². The van der Waals surface area contributed by atoms with Gasteiger partial charge in [0, 0.05) is 5.56 Å². The number of benzene rings is 1. The molecule has 0 fully saturated rings. The number of aromatic nitrogens is 1. The summed E-state index contributed by atoms with van der Waals surface area (Å²) < 4.78 is 13.7. The lowest BCUT2D eigenvalue weighted by molar-refractivity contribution is 0.102. The van der Waals surface area contributed by atoms with Crippen LogP contribution in [0.1, 0.15) is 15.9 Å². The molecule has 1 aromatic carbocycles. The number of halogens is 2. The zero-order valence-corrected chi connectivity index (χ0v) is 11.7. The molecule has 3 N–H and O–H groups in total. The van der Waals surface area contributed by atoms with Gasteiger partial charge in [-0.25, -0.2) is 9.37 Å². The van der Waals surface area contributed by atoms with Crippen LogP contribution in [0.5, 0.6) is 0 Å². The summed E-state index contributed by atoms with van der Waals surface area (Å²) in [4.78, 5) is 16.0. The summed E-state index contributed by atoms with van der Waals surface area (Å²) in [5.74, 6) is -0.909. The Hall–Kier alpha value is -1.95. The van der Waals surface area contributed by atoms with Crippen molar-refractivity contribution in [3.05, 3.63) is 52.0 Å². The quantitative estimate of drug-likeness (QED) is 0.659. The van der Waals surface area contributed by atoms with Crippen molar-refractivity contribution in [2.24, 2.45) is 0 Å². The van der Waals surface area contributed by atoms with E-state index < -0.39 is 5.82 Å². The summed E-state index contributed by atoms with van der Waals surface area (Å²) in [5, 5.41) is 2.67. The van der Waals surface area contributed by atoms with E-state index in [0.717, 1.165) is 16.2 Å². The lowest BCUT2D eigenvalue weighted by Gasteiger charge is -2.07. The summed E-state index contributed by atoms with van der Waals surface area (Å²) >= 11 is 3.28. The highest BCUT2D eigenvalue weighted by Crippen LogP contribution is 2.18. The molecule has 6 heteroatoms. The molecule has 19 heavy (non-hydrogen) atoms. The minimum Gasteiger partial charge on any atom is -0.396 e. The highest BCUT2D eigenvalue weighted by molar-refractivity contribution is 9.10. The van der Waals surface area contributed by atoms with E-state index in [1.165, 1.54) is 18.3 Å². The Morgan fingerprint density at radius 2 is 2.16 bits per heavy atom. The molecule has 0 radical (unpaired) electrons. The van der Waals surface area contributed by atoms with Crippen LogP contribution in [-0.2, 0) is 0 Å². The molecule has 0 spiro atoms. The third-order valence-electron chi connectivity index (χ3n) is 2.53. The smallest absolute Gasteiger partial charge is 0.255 e. The van der Waals surface area contributed by atoms with Crippen LogP contribution in [0.2, 0.25) is 0 Å². The van der Waals surface area contributed by atoms with Crippen LogP contribution in [0.25, 0.3) is 0 Å². The first-order chi connectivity index (χ1) is 8.97. The molecule has 4 nitrogen and oxygen atoms in total. The molecule has 1 aromatic heterocycles. The minimum absolute atomic E-state index is 0.0576. The molecule has 0 atom stereocenters. The zero-order valence-electron chi connectivity index (χ0n) is 10.1. The van der Waals surface area contributed by atoms with E-state index in [-0.39, 0.29) is 11.6 Å². The largest absolute Gasteiger partial charge is 0.396 e. The number of hydrogen-bond acceptors (Lipinski definition) is 3. The Kier molecular flexibility index (Phi) is 3.80. The topological polar surface area (TPSA) is 68.0 Å². The van der Waals surface area contributed by atoms with Crippen molar-refractivity contribution in [3.63, 3.8) is 0 Å². The van der Waals surface area contributed by atoms with E-state index in [9.17, 15) is 9.18 Å². The number of carbonyl (C=O) groups is 1. The Morgan fingerprint density at radius 1 is 1.42 bits per heavy atom. The number of pyridine rings is 1. The molecule has 2 rings (SSSR count). The third-order valence-corrected chi connectivity index (χ3v) is 3.36. The molecule has 98 valence electrons. The number of nitrogens with zero attached hydrogens (tertiary/aromatic N) is 1. The summed E-state index contributed by atoms with van der Waals surface area (Å²) in [7, 11) is 0. The first kappa shape index (κ1) is 13.5. The van der Waals surface area contributed by atoms with Crippen molar-refractivity contribution in [1.29, 1.82) is 0 Å². The van der Waals surface area contributed by atoms with Gasteiger partial charge in [-0.3, -0.25) is 4.79 Å². The lowest BCUT2D eigenvalue weighted by atomic mass is 10.2. The number of aryl methyl sites for hydroxylation is 1. The Labute approximate surface area is 118 Å². The summed E-state index contributed by atoms with van der Waals surface area (Å²) in [6.45, 7) is 1.86. The maximum atomic E-state index is 13.0. The second kappa shape index (κ2) is 5.36. The highest BCUT2D eigenvalue weighted by Gasteiger charge is 2.09. The summed E-state index contributed by atoms with van der Waals surface area (Å²) in [6.07, 6.45) is 1.53. The number of nitrogens with two attached hydrogens (primary N) is 1. The minimum atomic E-state index is -0.544. The first-order valence-electron chi connectivity index (χ1n) is 5.46. The predicted octanol–water partition coefficient (Wildman–Crippen LogP) is 3.13. The van der Waals surface area contributed by atoms with E-state index in [2.05, 4.69) is 26.2 Å². The highest BCUT2D eigenvalue weighted by atomic mass is 79.9. The maximum Gasteiger partial charge on any atom is 0.255 e. The van der Waals surface area contributed by atoms with Crippen molar-refractivity contribution in [2.45, 2.75) is 6.92 Å². The van der Waals surface area contributed by atoms with Crippen LogP contribution >= 0.6 is 15.9 Å². The number of nitrogens with one attached hydrogen (secondary N) is 1. The molecule has 0 unspecified atom stereocenters. The van der Waals surface area contributed by atoms with Crippen LogP contribution in [0.15, 0.2) is 35.1 Å². The van der Waals surface area contributed by atoms with Gasteiger partial charge in [0.25, 0.3) is 5.91 Å². The maximum absolute atomic E-state index is 13.0. The molecule has 0 aliphatic rings. The van der Waals surface area contributed by atoms with Crippen LogP contribution in [0, 0.1) is 12.7 Å². The van der Waals surface area contributed by atoms with Gasteiger partial charge in [-0.2, -0.15) is 0 Å². The molecule has 0 saturated carbocycles. The van der Waals surface area contributed by atoms with Gasteiger partial charge in [0.1, 0.15) is 10.4 Å². The van der Waals surface area contributed by atoms with Gasteiger partial charge in [-0.1, -0.05) is 0 Å². The zero-order chi connectivity index (χ0) is 14.0. The SMILES string of the molecule is Cc1cc(NC(=O)c2ccc(F)c(N)c2)cnc1Br. The average molecular weight is 324 g/mol. The van der Waals surface area contributed by atoms with E-state index in [1.807, 2.05) is 6.92 Å². The van der Waals surface area contributed by atoms with Gasteiger partial charge in [0.2, 0.25) is 0 Å². The number of nitrogen functional groups attached to an aromatic ring is 1. The van der Waals surface area contributed by atoms with E-state index in [1.54, 1.807) is 6.07 Å². The van der Waals surface area contributed by atoms with Gasteiger partial charge in [-0.15, -0.1) is 0 Å². The molecule has 1 heterocycles. The van der Waals surface area contributed by atoms with Gasteiger partial charge in [0.15, 0.2) is 0 Å². The molecular weight excluding hydrogens is 313 g/mol. The number of anilines is 2. The van der Waals surface area contributed by atoms with Crippen molar-refractivity contribution < 1.29 is 9.18 Å². The number of rotatable bonds is 2. The third kappa shape index (κ3) is 3.08. The summed E-state index contributed by atoms with van der Waals surface area (Å²) in [5.41, 5.74) is 7.12. The normalized spacial score (nSPS) is 10.3. The van der Waals surface area contributed by atoms with E-state index in [4.69, 9.17) is 5.73 Å². The second-order valence-electron chi connectivity index (χ2n) is 4.02. The van der Waals surface area contributed by atoms with Crippen molar-refractivity contribution in [1.82, 2.24) is 4.98 Å². The molecule has 0 bridgehead atoms. The Bertz CT molecular complexity index is 646. The van der Waals surface area contributed by atoms with Crippen LogP contribution in [-0.4, -0.2) is 10.9 Å². The lowest BCUT2D eigenvalue weighted by Crippen LogP contribution is -2.13. The van der Waals surface area contributed by atoms with Crippen molar-refractivity contribution in [3.8, 4) is 0 Å². The number of amides is 1. The average Bonchev–Trinajstić information content (AvgIpc) is 2.37. The van der Waals surface area contributed by atoms with Crippen LogP contribution in [0.4, 0.5) is 15.8 Å². The van der Waals surface area contributed by atoms with Gasteiger partial charge >= 0.3 is 0 Å². The van der Waals surface area contributed by atoms with Crippen LogP contribution in [0.3, 0.4) is 0 Å². The fourth-order valence-electron chi connectivity index (χ4n) is 1.51. The molecule has 0 aliphatic heterocycles. The standard InChI is InChI=1S/C13H11BrFN3O/c1-7-4-9(6-17-12(7)14)18-13(19)8-2-3-10(15)11(16)5-8/h2-6H,16H2,1H3,(H,18,19). The Morgan fingerprint density at radius 3 is 2.79 bits per heavy atom. The Balaban J connectivity index is 2.20. The first-order valence-corrected chi connectivity index (χ1v) is 6.25. The van der Waals surface area contributed by atoms with E-state index >= 15 is 0 Å². The number of hydrogen-bond donors (Lipinski definition) is 2. The second-order valence-corrected chi connectivity index (χ2v) is 4.77. The fourth-order valence-corrected chi connectivity index (χ4v) is 1.73. The van der Waals surface area contributed by atoms with Crippen molar-refractivity contribution in [2.75, 3.05) is 11.1 Å². The molecule has 0 saturated heterocycles. The van der Waals surface area contributed by atoms with E-state index in [0.29, 0.717) is 11.3 Å². The van der Waals surface area contributed by atoms with Crippen LogP contribution < -0.4 is 11.1 Å². The monoisotopic (exact) mass is 323 g/mol. The number of carbonyl (C=O) groups excluding carboxylic acids is 1. The van der Waals surface area contributed by atoms with Gasteiger partial charge < -0.3 is 11.1 Å². The fraction of sp³-hybridized carbons (Fsp3) is 0.0769. The van der Waals surface area contributed by atoms with Gasteiger partial charge in [-0.05, 0) is 52.7 Å². The molecule has 0 aliphatic carbocycles.